The fraction of sp³-hybridized carbons (Fsp3) is 0.846. The lowest BCUT2D eigenvalue weighted by Crippen LogP contribution is -2.46. The maximum Gasteiger partial charge on any atom is 0.310 e. The summed E-state index contributed by atoms with van der Waals surface area (Å²) >= 11 is 0. The van der Waals surface area contributed by atoms with Crippen LogP contribution in [0.25, 0.3) is 0 Å². The average molecular weight is 243 g/mol. The van der Waals surface area contributed by atoms with Crippen LogP contribution >= 0.6 is 0 Å². The van der Waals surface area contributed by atoms with Gasteiger partial charge >= 0.3 is 5.97 Å². The first-order chi connectivity index (χ1) is 7.61. The Hall–Kier alpha value is -1.06. The quantitative estimate of drug-likeness (QED) is 0.710. The molecule has 0 saturated carbocycles. The molecule has 1 atom stereocenters. The van der Waals surface area contributed by atoms with Crippen molar-refractivity contribution in [1.29, 1.82) is 0 Å². The summed E-state index contributed by atoms with van der Waals surface area (Å²) in [6.45, 7) is 11.7. The van der Waals surface area contributed by atoms with Gasteiger partial charge in [0.05, 0.1) is 13.0 Å². The van der Waals surface area contributed by atoms with E-state index < -0.39 is 5.41 Å². The lowest BCUT2D eigenvalue weighted by molar-refractivity contribution is -0.148. The first kappa shape index (κ1) is 15.9. The number of hydrogen-bond acceptors (Lipinski definition) is 3. The van der Waals surface area contributed by atoms with E-state index in [0.29, 0.717) is 6.54 Å². The Bertz CT molecular complexity index is 279. The van der Waals surface area contributed by atoms with Crippen molar-refractivity contribution < 1.29 is 14.3 Å². The molecular formula is C13H25NO3. The molecule has 0 N–H and O–H groups in total. The van der Waals surface area contributed by atoms with E-state index in [0.717, 1.165) is 0 Å². The van der Waals surface area contributed by atoms with Crippen molar-refractivity contribution in [3.63, 3.8) is 0 Å². The van der Waals surface area contributed by atoms with Gasteiger partial charge in [0, 0.05) is 18.0 Å². The van der Waals surface area contributed by atoms with Crippen molar-refractivity contribution in [3.8, 4) is 0 Å². The number of nitrogens with zero attached hydrogens (tertiary/aromatic N) is 1. The van der Waals surface area contributed by atoms with Crippen LogP contribution in [0, 0.1) is 11.3 Å². The van der Waals surface area contributed by atoms with Crippen molar-refractivity contribution in [1.82, 2.24) is 4.90 Å². The summed E-state index contributed by atoms with van der Waals surface area (Å²) in [5.74, 6) is -0.519. The summed E-state index contributed by atoms with van der Waals surface area (Å²) in [5.41, 5.74) is -0.430. The van der Waals surface area contributed by atoms with Crippen molar-refractivity contribution in [2.75, 3.05) is 13.7 Å². The molecule has 4 nitrogen and oxygen atoms in total. The zero-order valence-corrected chi connectivity index (χ0v) is 12.0. The van der Waals surface area contributed by atoms with E-state index in [1.807, 2.05) is 34.6 Å². The predicted molar refractivity (Wildman–Crippen MR) is 67.5 cm³/mol. The third kappa shape index (κ3) is 4.75. The summed E-state index contributed by atoms with van der Waals surface area (Å²) in [5, 5.41) is 0. The summed E-state index contributed by atoms with van der Waals surface area (Å²) in [7, 11) is 1.37. The predicted octanol–water partition coefficient (Wildman–Crippen LogP) is 2.08. The van der Waals surface area contributed by atoms with Gasteiger partial charge in [-0.15, -0.1) is 0 Å². The van der Waals surface area contributed by atoms with E-state index in [1.165, 1.54) is 7.11 Å². The molecule has 0 heterocycles. The summed E-state index contributed by atoms with van der Waals surface area (Å²) in [4.78, 5) is 25.3. The van der Waals surface area contributed by atoms with Gasteiger partial charge in [0.25, 0.3) is 0 Å². The van der Waals surface area contributed by atoms with Crippen LogP contribution in [0.5, 0.6) is 0 Å². The summed E-state index contributed by atoms with van der Waals surface area (Å²) < 4.78 is 4.68. The highest BCUT2D eigenvalue weighted by Crippen LogP contribution is 2.20. The van der Waals surface area contributed by atoms with Crippen molar-refractivity contribution >= 4 is 11.9 Å². The Morgan fingerprint density at radius 1 is 1.18 bits per heavy atom. The first-order valence-electron chi connectivity index (χ1n) is 6.00. The van der Waals surface area contributed by atoms with Gasteiger partial charge in [0.15, 0.2) is 0 Å². The largest absolute Gasteiger partial charge is 0.469 e. The molecule has 0 radical (unpaired) electrons. The van der Waals surface area contributed by atoms with Gasteiger partial charge < -0.3 is 9.64 Å². The molecule has 17 heavy (non-hydrogen) atoms. The van der Waals surface area contributed by atoms with Crippen LogP contribution in [0.15, 0.2) is 0 Å². The topological polar surface area (TPSA) is 46.6 Å². The van der Waals surface area contributed by atoms with Crippen LogP contribution in [0.1, 0.15) is 41.5 Å². The van der Waals surface area contributed by atoms with E-state index >= 15 is 0 Å². The second kappa shape index (κ2) is 6.03. The van der Waals surface area contributed by atoms with Gasteiger partial charge in [-0.3, -0.25) is 9.59 Å². The van der Waals surface area contributed by atoms with Crippen LogP contribution in [0.3, 0.4) is 0 Å². The Labute approximate surface area is 104 Å². The molecule has 0 fully saturated rings. The van der Waals surface area contributed by atoms with E-state index in [4.69, 9.17) is 0 Å². The fourth-order valence-electron chi connectivity index (χ4n) is 1.53. The van der Waals surface area contributed by atoms with E-state index in [2.05, 4.69) is 4.74 Å². The minimum absolute atomic E-state index is 0.0586. The number of amides is 1. The zero-order valence-electron chi connectivity index (χ0n) is 12.0. The molecule has 0 aromatic heterocycles. The summed E-state index contributed by atoms with van der Waals surface area (Å²) in [6.07, 6.45) is 0. The summed E-state index contributed by atoms with van der Waals surface area (Å²) in [6, 6.07) is 0.0776. The molecule has 0 rings (SSSR count). The Balaban J connectivity index is 4.78. The molecule has 0 aliphatic rings. The minimum atomic E-state index is -0.430. The van der Waals surface area contributed by atoms with Crippen molar-refractivity contribution in [3.05, 3.63) is 0 Å². The molecule has 0 aromatic carbocycles. The monoisotopic (exact) mass is 243 g/mol. The van der Waals surface area contributed by atoms with Gasteiger partial charge in [-0.1, -0.05) is 27.7 Å². The molecule has 0 bridgehead atoms. The normalized spacial score (nSPS) is 13.4. The second-order valence-electron chi connectivity index (χ2n) is 5.73. The smallest absolute Gasteiger partial charge is 0.310 e. The molecular weight excluding hydrogens is 218 g/mol. The number of rotatable bonds is 4. The van der Waals surface area contributed by atoms with E-state index in [9.17, 15) is 9.59 Å². The zero-order chi connectivity index (χ0) is 13.8. The third-order valence-electron chi connectivity index (χ3n) is 2.60. The van der Waals surface area contributed by atoms with Gasteiger partial charge in [-0.05, 0) is 13.8 Å². The number of ether oxygens (including phenoxy) is 1. The number of esters is 1. The minimum Gasteiger partial charge on any atom is -0.469 e. The van der Waals surface area contributed by atoms with Crippen molar-refractivity contribution in [2.24, 2.45) is 11.3 Å². The molecule has 0 aliphatic carbocycles. The first-order valence-corrected chi connectivity index (χ1v) is 6.00. The van der Waals surface area contributed by atoms with E-state index in [1.54, 1.807) is 11.8 Å². The number of methoxy groups -OCH3 is 1. The molecule has 0 spiro atoms. The molecule has 1 amide bonds. The van der Waals surface area contributed by atoms with Crippen LogP contribution in [-0.4, -0.2) is 36.5 Å². The highest BCUT2D eigenvalue weighted by molar-refractivity contribution is 5.82. The molecule has 0 aromatic rings. The number of carbonyl (C=O) groups is 2. The lowest BCUT2D eigenvalue weighted by Gasteiger charge is -2.34. The van der Waals surface area contributed by atoms with Crippen LogP contribution in [-0.2, 0) is 14.3 Å². The number of hydrogen-bond donors (Lipinski definition) is 0. The molecule has 1 unspecified atom stereocenters. The van der Waals surface area contributed by atoms with Crippen LogP contribution in [0.4, 0.5) is 0 Å². The van der Waals surface area contributed by atoms with Gasteiger partial charge in [0.1, 0.15) is 0 Å². The third-order valence-corrected chi connectivity index (χ3v) is 2.60. The SMILES string of the molecule is COC(=O)C(C)CN(C(=O)C(C)(C)C)C(C)C. The van der Waals surface area contributed by atoms with Gasteiger partial charge in [-0.2, -0.15) is 0 Å². The highest BCUT2D eigenvalue weighted by atomic mass is 16.5. The standard InChI is InChI=1S/C13H25NO3/c1-9(2)14(12(16)13(4,5)6)8-10(3)11(15)17-7/h9-10H,8H2,1-7H3. The molecule has 0 saturated heterocycles. The van der Waals surface area contributed by atoms with Gasteiger partial charge in [0.2, 0.25) is 5.91 Å². The van der Waals surface area contributed by atoms with Gasteiger partial charge in [-0.25, -0.2) is 0 Å². The lowest BCUT2D eigenvalue weighted by atomic mass is 9.93. The second-order valence-corrected chi connectivity index (χ2v) is 5.73. The highest BCUT2D eigenvalue weighted by Gasteiger charge is 2.31. The molecule has 100 valence electrons. The van der Waals surface area contributed by atoms with Crippen molar-refractivity contribution in [2.45, 2.75) is 47.6 Å². The van der Waals surface area contributed by atoms with E-state index in [-0.39, 0.29) is 23.8 Å². The Morgan fingerprint density at radius 3 is 1.94 bits per heavy atom. The fourth-order valence-corrected chi connectivity index (χ4v) is 1.53. The maximum atomic E-state index is 12.2. The molecule has 4 heteroatoms. The maximum absolute atomic E-state index is 12.2. The molecule has 0 aliphatic heterocycles. The Kier molecular flexibility index (Phi) is 5.66. The number of carbonyl (C=O) groups excluding carboxylic acids is 2. The van der Waals surface area contributed by atoms with Crippen LogP contribution in [0.2, 0.25) is 0 Å². The Morgan fingerprint density at radius 2 is 1.65 bits per heavy atom. The average Bonchev–Trinajstić information content (AvgIpc) is 2.21. The van der Waals surface area contributed by atoms with Crippen LogP contribution < -0.4 is 0 Å².